The Bertz CT molecular complexity index is 1740. The average molecular weight is 559 g/mol. The SMILES string of the molecule is CC(C)(C)c1ccc(C(=O)Nc2cccc(-c3cn4ccnc4c(Nc4ccc(N5CCC(=O)CC5)cc4)n3)c2)cc1. The van der Waals surface area contributed by atoms with Gasteiger partial charge in [0.1, 0.15) is 5.78 Å². The van der Waals surface area contributed by atoms with Gasteiger partial charge < -0.3 is 19.9 Å². The van der Waals surface area contributed by atoms with Gasteiger partial charge in [-0.1, -0.05) is 45.0 Å². The number of aromatic nitrogens is 3. The topological polar surface area (TPSA) is 91.6 Å². The first-order chi connectivity index (χ1) is 20.2. The third kappa shape index (κ3) is 5.88. The zero-order valence-corrected chi connectivity index (χ0v) is 24.1. The lowest BCUT2D eigenvalue weighted by Gasteiger charge is -2.28. The minimum Gasteiger partial charge on any atom is -0.371 e. The first kappa shape index (κ1) is 27.2. The van der Waals surface area contributed by atoms with E-state index in [1.807, 2.05) is 77.5 Å². The second kappa shape index (κ2) is 11.1. The normalized spacial score (nSPS) is 13.8. The van der Waals surface area contributed by atoms with Crippen LogP contribution in [0, 0.1) is 0 Å². The number of piperidine rings is 1. The lowest BCUT2D eigenvalue weighted by molar-refractivity contribution is -0.119. The van der Waals surface area contributed by atoms with Gasteiger partial charge in [-0.2, -0.15) is 0 Å². The summed E-state index contributed by atoms with van der Waals surface area (Å²) in [4.78, 5) is 36.3. The molecule has 8 heteroatoms. The lowest BCUT2D eigenvalue weighted by Crippen LogP contribution is -2.33. The summed E-state index contributed by atoms with van der Waals surface area (Å²) >= 11 is 0. The van der Waals surface area contributed by atoms with Crippen molar-refractivity contribution in [3.63, 3.8) is 0 Å². The molecule has 0 unspecified atom stereocenters. The average Bonchev–Trinajstić information content (AvgIpc) is 3.47. The van der Waals surface area contributed by atoms with Crippen LogP contribution in [0.3, 0.4) is 0 Å². The lowest BCUT2D eigenvalue weighted by atomic mass is 9.87. The second-order valence-corrected chi connectivity index (χ2v) is 11.7. The number of carbonyl (C=O) groups excluding carboxylic acids is 2. The molecular formula is C34H34N6O2. The van der Waals surface area contributed by atoms with Gasteiger partial charge in [0.05, 0.1) is 5.69 Å². The summed E-state index contributed by atoms with van der Waals surface area (Å²) < 4.78 is 1.94. The largest absolute Gasteiger partial charge is 0.371 e. The summed E-state index contributed by atoms with van der Waals surface area (Å²) in [5, 5.41) is 6.45. The number of fused-ring (bicyclic) bond motifs is 1. The highest BCUT2D eigenvalue weighted by molar-refractivity contribution is 6.04. The fourth-order valence-electron chi connectivity index (χ4n) is 5.14. The Morgan fingerprint density at radius 2 is 1.64 bits per heavy atom. The maximum Gasteiger partial charge on any atom is 0.255 e. The molecule has 2 N–H and O–H groups in total. The summed E-state index contributed by atoms with van der Waals surface area (Å²) in [5.41, 5.74) is 6.81. The van der Waals surface area contributed by atoms with E-state index in [0.717, 1.165) is 35.7 Å². The number of rotatable bonds is 6. The molecule has 3 aromatic carbocycles. The molecule has 42 heavy (non-hydrogen) atoms. The fourth-order valence-corrected chi connectivity index (χ4v) is 5.14. The quantitative estimate of drug-likeness (QED) is 0.237. The summed E-state index contributed by atoms with van der Waals surface area (Å²) in [6.07, 6.45) is 6.77. The van der Waals surface area contributed by atoms with Gasteiger partial charge >= 0.3 is 0 Å². The zero-order chi connectivity index (χ0) is 29.3. The van der Waals surface area contributed by atoms with Crippen molar-refractivity contribution >= 4 is 40.2 Å². The summed E-state index contributed by atoms with van der Waals surface area (Å²) in [6.45, 7) is 7.97. The molecule has 6 rings (SSSR count). The molecule has 0 aliphatic carbocycles. The molecule has 1 saturated heterocycles. The number of anilines is 4. The van der Waals surface area contributed by atoms with Crippen molar-refractivity contribution < 1.29 is 9.59 Å². The van der Waals surface area contributed by atoms with E-state index in [2.05, 4.69) is 53.4 Å². The third-order valence-electron chi connectivity index (χ3n) is 7.62. The molecule has 2 aromatic heterocycles. The van der Waals surface area contributed by atoms with E-state index in [1.54, 1.807) is 6.20 Å². The van der Waals surface area contributed by atoms with E-state index in [-0.39, 0.29) is 11.3 Å². The van der Waals surface area contributed by atoms with E-state index < -0.39 is 0 Å². The van der Waals surface area contributed by atoms with Gasteiger partial charge in [0.2, 0.25) is 0 Å². The molecule has 0 bridgehead atoms. The molecule has 3 heterocycles. The molecule has 0 atom stereocenters. The van der Waals surface area contributed by atoms with Crippen molar-refractivity contribution in [1.82, 2.24) is 14.4 Å². The number of imidazole rings is 1. The van der Waals surface area contributed by atoms with Crippen LogP contribution in [0.2, 0.25) is 0 Å². The van der Waals surface area contributed by atoms with Crippen molar-refractivity contribution in [2.45, 2.75) is 39.0 Å². The van der Waals surface area contributed by atoms with Crippen molar-refractivity contribution in [1.29, 1.82) is 0 Å². The minimum absolute atomic E-state index is 0.0274. The number of hydrogen-bond donors (Lipinski definition) is 2. The fraction of sp³-hybridized carbons (Fsp3) is 0.235. The molecular weight excluding hydrogens is 524 g/mol. The predicted molar refractivity (Wildman–Crippen MR) is 168 cm³/mol. The first-order valence-corrected chi connectivity index (χ1v) is 14.2. The van der Waals surface area contributed by atoms with Gasteiger partial charge in [-0.3, -0.25) is 9.59 Å². The number of amides is 1. The zero-order valence-electron chi connectivity index (χ0n) is 24.1. The number of Topliss-reactive ketones (excluding diaryl/α,β-unsaturated/α-hetero) is 1. The standard InChI is InChI=1S/C34H34N6O2/c1-34(2,3)25-9-7-23(8-10-25)33(42)37-27-6-4-5-24(21-27)30-22-40-20-17-35-32(40)31(38-30)36-26-11-13-28(14-12-26)39-18-15-29(41)16-19-39/h4-14,17,20-22H,15-16,18-19H2,1-3H3,(H,36,38)(H,37,42). The van der Waals surface area contributed by atoms with Crippen molar-refractivity contribution in [2.75, 3.05) is 28.6 Å². The van der Waals surface area contributed by atoms with Crippen LogP contribution in [0.15, 0.2) is 91.4 Å². The number of nitrogens with zero attached hydrogens (tertiary/aromatic N) is 4. The number of carbonyl (C=O) groups is 2. The van der Waals surface area contributed by atoms with Crippen molar-refractivity contribution in [2.24, 2.45) is 0 Å². The van der Waals surface area contributed by atoms with Gasteiger partial charge in [0, 0.05) is 72.7 Å². The van der Waals surface area contributed by atoms with Crippen LogP contribution in [-0.4, -0.2) is 39.1 Å². The number of ketones is 1. The van der Waals surface area contributed by atoms with Gasteiger partial charge in [0.15, 0.2) is 11.5 Å². The highest BCUT2D eigenvalue weighted by Gasteiger charge is 2.17. The predicted octanol–water partition coefficient (Wildman–Crippen LogP) is 6.86. The molecule has 5 aromatic rings. The van der Waals surface area contributed by atoms with Crippen LogP contribution in [0.25, 0.3) is 16.9 Å². The Labute approximate surface area is 245 Å². The van der Waals surface area contributed by atoms with Gasteiger partial charge in [-0.05, 0) is 59.5 Å². The maximum absolute atomic E-state index is 13.0. The summed E-state index contributed by atoms with van der Waals surface area (Å²) in [5.74, 6) is 0.799. The van der Waals surface area contributed by atoms with Crippen LogP contribution < -0.4 is 15.5 Å². The number of hydrogen-bond acceptors (Lipinski definition) is 6. The van der Waals surface area contributed by atoms with E-state index in [9.17, 15) is 9.59 Å². The molecule has 8 nitrogen and oxygen atoms in total. The molecule has 1 amide bonds. The minimum atomic E-state index is -0.160. The van der Waals surface area contributed by atoms with Crippen molar-refractivity contribution in [3.05, 3.63) is 103 Å². The Kier molecular flexibility index (Phi) is 7.20. The summed E-state index contributed by atoms with van der Waals surface area (Å²) in [6, 6.07) is 23.6. The molecule has 1 aliphatic rings. The Morgan fingerprint density at radius 1 is 0.905 bits per heavy atom. The van der Waals surface area contributed by atoms with Crippen LogP contribution >= 0.6 is 0 Å². The van der Waals surface area contributed by atoms with Gasteiger partial charge in [-0.25, -0.2) is 9.97 Å². The Balaban J connectivity index is 1.21. The molecule has 0 spiro atoms. The van der Waals surface area contributed by atoms with E-state index in [1.165, 1.54) is 5.56 Å². The number of nitrogens with one attached hydrogen (secondary N) is 2. The molecule has 0 radical (unpaired) electrons. The molecule has 1 aliphatic heterocycles. The van der Waals surface area contributed by atoms with E-state index in [0.29, 0.717) is 41.3 Å². The van der Waals surface area contributed by atoms with E-state index >= 15 is 0 Å². The number of benzene rings is 3. The highest BCUT2D eigenvalue weighted by Crippen LogP contribution is 2.28. The first-order valence-electron chi connectivity index (χ1n) is 14.2. The third-order valence-corrected chi connectivity index (χ3v) is 7.62. The van der Waals surface area contributed by atoms with Crippen LogP contribution in [-0.2, 0) is 10.2 Å². The maximum atomic E-state index is 13.0. The molecule has 212 valence electrons. The van der Waals surface area contributed by atoms with Crippen molar-refractivity contribution in [3.8, 4) is 11.3 Å². The monoisotopic (exact) mass is 558 g/mol. The second-order valence-electron chi connectivity index (χ2n) is 11.7. The Morgan fingerprint density at radius 3 is 2.36 bits per heavy atom. The smallest absolute Gasteiger partial charge is 0.255 e. The molecule has 0 saturated carbocycles. The van der Waals surface area contributed by atoms with Crippen LogP contribution in [0.4, 0.5) is 22.9 Å². The summed E-state index contributed by atoms with van der Waals surface area (Å²) in [7, 11) is 0. The van der Waals surface area contributed by atoms with Crippen LogP contribution in [0.1, 0.15) is 49.5 Å². The Hall–Kier alpha value is -4.98. The van der Waals surface area contributed by atoms with Gasteiger partial charge in [0.25, 0.3) is 5.91 Å². The molecule has 1 fully saturated rings. The highest BCUT2D eigenvalue weighted by atomic mass is 16.1. The van der Waals surface area contributed by atoms with E-state index in [4.69, 9.17) is 4.98 Å². The van der Waals surface area contributed by atoms with Crippen LogP contribution in [0.5, 0.6) is 0 Å². The van der Waals surface area contributed by atoms with Gasteiger partial charge in [-0.15, -0.1) is 0 Å².